The van der Waals surface area contributed by atoms with E-state index in [1.165, 1.54) is 12.1 Å². The maximum Gasteiger partial charge on any atom is 0.225 e. The number of nitrogens with one attached hydrogen (secondary N) is 2. The Balaban J connectivity index is 1.56. The van der Waals surface area contributed by atoms with Gasteiger partial charge in [-0.3, -0.25) is 4.79 Å². The van der Waals surface area contributed by atoms with Crippen LogP contribution >= 0.6 is 11.6 Å². The van der Waals surface area contributed by atoms with Crippen molar-refractivity contribution in [2.45, 2.75) is 12.3 Å². The summed E-state index contributed by atoms with van der Waals surface area (Å²) in [6.45, 7) is 1.95. The number of hydrogen-bond acceptors (Lipinski definition) is 2. The summed E-state index contributed by atoms with van der Waals surface area (Å²) >= 11 is 5.93. The Morgan fingerprint density at radius 2 is 2.00 bits per heavy atom. The molecule has 0 bridgehead atoms. The van der Waals surface area contributed by atoms with Crippen LogP contribution < -0.4 is 10.6 Å². The molecule has 1 amide bonds. The number of halogens is 2. The van der Waals surface area contributed by atoms with Gasteiger partial charge in [-0.1, -0.05) is 35.9 Å². The number of hydrogen-bond donors (Lipinski definition) is 2. The van der Waals surface area contributed by atoms with Crippen LogP contribution in [0.4, 0.5) is 4.39 Å². The molecule has 2 atom stereocenters. The summed E-state index contributed by atoms with van der Waals surface area (Å²) in [6, 6.07) is 14.1. The van der Waals surface area contributed by atoms with E-state index in [1.807, 2.05) is 30.3 Å². The van der Waals surface area contributed by atoms with E-state index < -0.39 is 0 Å². The SMILES string of the molecule is O=C(NCCc1cccc(F)c1)[C@@H]1CNC[C@H]1c1ccc(Cl)cc1. The second kappa shape index (κ2) is 7.77. The van der Waals surface area contributed by atoms with Crippen molar-refractivity contribution in [2.75, 3.05) is 19.6 Å². The zero-order valence-corrected chi connectivity index (χ0v) is 14.0. The highest BCUT2D eigenvalue weighted by molar-refractivity contribution is 6.30. The van der Waals surface area contributed by atoms with Crippen LogP contribution in [0.25, 0.3) is 0 Å². The maximum absolute atomic E-state index is 13.2. The fourth-order valence-electron chi connectivity index (χ4n) is 3.17. The normalized spacial score (nSPS) is 20.1. The molecule has 0 aliphatic carbocycles. The van der Waals surface area contributed by atoms with Gasteiger partial charge in [0.25, 0.3) is 0 Å². The third-order valence-electron chi connectivity index (χ3n) is 4.45. The molecule has 1 aliphatic heterocycles. The molecule has 0 spiro atoms. The Hall–Kier alpha value is -1.91. The average molecular weight is 347 g/mol. The van der Waals surface area contributed by atoms with Crippen LogP contribution in [0.3, 0.4) is 0 Å². The first kappa shape index (κ1) is 16.9. The molecule has 2 aromatic rings. The molecule has 0 radical (unpaired) electrons. The van der Waals surface area contributed by atoms with Gasteiger partial charge in [0.1, 0.15) is 5.82 Å². The highest BCUT2D eigenvalue weighted by Gasteiger charge is 2.33. The van der Waals surface area contributed by atoms with E-state index in [0.29, 0.717) is 24.5 Å². The second-order valence-electron chi connectivity index (χ2n) is 6.09. The molecule has 1 fully saturated rings. The average Bonchev–Trinajstić information content (AvgIpc) is 3.05. The summed E-state index contributed by atoms with van der Waals surface area (Å²) in [5, 5.41) is 6.96. The molecule has 3 nitrogen and oxygen atoms in total. The van der Waals surface area contributed by atoms with Crippen LogP contribution in [-0.4, -0.2) is 25.5 Å². The van der Waals surface area contributed by atoms with Crippen molar-refractivity contribution < 1.29 is 9.18 Å². The van der Waals surface area contributed by atoms with Crippen molar-refractivity contribution in [3.63, 3.8) is 0 Å². The number of carbonyl (C=O) groups excluding carboxylic acids is 1. The Kier molecular flexibility index (Phi) is 5.48. The van der Waals surface area contributed by atoms with Gasteiger partial charge < -0.3 is 10.6 Å². The smallest absolute Gasteiger partial charge is 0.225 e. The molecule has 1 heterocycles. The largest absolute Gasteiger partial charge is 0.355 e. The topological polar surface area (TPSA) is 41.1 Å². The minimum atomic E-state index is -0.248. The molecule has 1 aliphatic rings. The first-order valence-corrected chi connectivity index (χ1v) is 8.49. The summed E-state index contributed by atoms with van der Waals surface area (Å²) in [7, 11) is 0. The lowest BCUT2D eigenvalue weighted by atomic mass is 9.88. The lowest BCUT2D eigenvalue weighted by Gasteiger charge is -2.18. The predicted octanol–water partition coefficient (Wildman–Crippen LogP) is 3.14. The monoisotopic (exact) mass is 346 g/mol. The van der Waals surface area contributed by atoms with Crippen LogP contribution in [0.15, 0.2) is 48.5 Å². The zero-order valence-electron chi connectivity index (χ0n) is 13.3. The van der Waals surface area contributed by atoms with E-state index in [9.17, 15) is 9.18 Å². The van der Waals surface area contributed by atoms with Gasteiger partial charge in [0.15, 0.2) is 0 Å². The van der Waals surface area contributed by atoms with Crippen molar-refractivity contribution in [2.24, 2.45) is 5.92 Å². The number of rotatable bonds is 5. The van der Waals surface area contributed by atoms with Crippen molar-refractivity contribution >= 4 is 17.5 Å². The lowest BCUT2D eigenvalue weighted by Crippen LogP contribution is -2.35. The predicted molar refractivity (Wildman–Crippen MR) is 93.7 cm³/mol. The minimum absolute atomic E-state index is 0.0383. The lowest BCUT2D eigenvalue weighted by molar-refractivity contribution is -0.124. The number of carbonyl (C=O) groups is 1. The Morgan fingerprint density at radius 3 is 2.75 bits per heavy atom. The number of amides is 1. The summed E-state index contributed by atoms with van der Waals surface area (Å²) in [5.74, 6) is -0.159. The van der Waals surface area contributed by atoms with Gasteiger partial charge >= 0.3 is 0 Å². The molecule has 0 saturated carbocycles. The van der Waals surface area contributed by atoms with Gasteiger partial charge in [-0.15, -0.1) is 0 Å². The van der Waals surface area contributed by atoms with Crippen molar-refractivity contribution in [3.05, 3.63) is 70.5 Å². The highest BCUT2D eigenvalue weighted by Crippen LogP contribution is 2.29. The molecule has 0 unspecified atom stereocenters. The molecule has 5 heteroatoms. The van der Waals surface area contributed by atoms with Gasteiger partial charge in [0.2, 0.25) is 5.91 Å². The molecule has 24 heavy (non-hydrogen) atoms. The van der Waals surface area contributed by atoms with Crippen LogP contribution in [0, 0.1) is 11.7 Å². The van der Waals surface area contributed by atoms with E-state index in [1.54, 1.807) is 6.07 Å². The summed E-state index contributed by atoms with van der Waals surface area (Å²) in [6.07, 6.45) is 0.620. The van der Waals surface area contributed by atoms with Crippen molar-refractivity contribution in [3.8, 4) is 0 Å². The fraction of sp³-hybridized carbons (Fsp3) is 0.316. The molecular weight excluding hydrogens is 327 g/mol. The third-order valence-corrected chi connectivity index (χ3v) is 4.70. The van der Waals surface area contributed by atoms with Gasteiger partial charge in [0, 0.05) is 30.6 Å². The zero-order chi connectivity index (χ0) is 16.9. The van der Waals surface area contributed by atoms with E-state index >= 15 is 0 Å². The van der Waals surface area contributed by atoms with Crippen molar-refractivity contribution in [1.82, 2.24) is 10.6 Å². The van der Waals surface area contributed by atoms with Crippen LogP contribution in [-0.2, 0) is 11.2 Å². The molecular formula is C19H20ClFN2O. The summed E-state index contributed by atoms with van der Waals surface area (Å²) < 4.78 is 13.2. The standard InChI is InChI=1S/C19H20ClFN2O/c20-15-6-4-14(5-7-15)17-11-22-12-18(17)19(24)23-9-8-13-2-1-3-16(21)10-13/h1-7,10,17-18,22H,8-9,11-12H2,(H,23,24)/t17-,18+/m0/s1. The van der Waals surface area contributed by atoms with Gasteiger partial charge in [0.05, 0.1) is 5.92 Å². The van der Waals surface area contributed by atoms with E-state index in [2.05, 4.69) is 10.6 Å². The van der Waals surface area contributed by atoms with Gasteiger partial charge in [-0.2, -0.15) is 0 Å². The highest BCUT2D eigenvalue weighted by atomic mass is 35.5. The molecule has 126 valence electrons. The van der Waals surface area contributed by atoms with Crippen LogP contribution in [0.2, 0.25) is 5.02 Å². The maximum atomic E-state index is 13.2. The minimum Gasteiger partial charge on any atom is -0.355 e. The molecule has 2 aromatic carbocycles. The van der Waals surface area contributed by atoms with Crippen LogP contribution in [0.1, 0.15) is 17.0 Å². The Labute approximate surface area is 146 Å². The van der Waals surface area contributed by atoms with Gasteiger partial charge in [-0.05, 0) is 41.8 Å². The quantitative estimate of drug-likeness (QED) is 0.873. The summed E-state index contributed by atoms with van der Waals surface area (Å²) in [5.41, 5.74) is 2.00. The molecule has 1 saturated heterocycles. The first-order valence-electron chi connectivity index (χ1n) is 8.12. The fourth-order valence-corrected chi connectivity index (χ4v) is 3.29. The molecule has 0 aromatic heterocycles. The van der Waals surface area contributed by atoms with Crippen molar-refractivity contribution in [1.29, 1.82) is 0 Å². The molecule has 3 rings (SSSR count). The van der Waals surface area contributed by atoms with Crippen LogP contribution in [0.5, 0.6) is 0 Å². The van der Waals surface area contributed by atoms with E-state index in [-0.39, 0.29) is 23.6 Å². The summed E-state index contributed by atoms with van der Waals surface area (Å²) in [4.78, 5) is 12.5. The second-order valence-corrected chi connectivity index (χ2v) is 6.53. The van der Waals surface area contributed by atoms with E-state index in [4.69, 9.17) is 11.6 Å². The number of benzene rings is 2. The third kappa shape index (κ3) is 4.13. The molecule has 2 N–H and O–H groups in total. The van der Waals surface area contributed by atoms with E-state index in [0.717, 1.165) is 17.7 Å². The van der Waals surface area contributed by atoms with Gasteiger partial charge in [-0.25, -0.2) is 4.39 Å². The Bertz CT molecular complexity index is 705. The first-order chi connectivity index (χ1) is 11.6. The Morgan fingerprint density at radius 1 is 1.21 bits per heavy atom.